The van der Waals surface area contributed by atoms with E-state index >= 15 is 0 Å². The molecule has 0 unspecified atom stereocenters. The number of alkyl halides is 3. The highest BCUT2D eigenvalue weighted by Gasteiger charge is 2.29. The van der Waals surface area contributed by atoms with Crippen LogP contribution in [0, 0.1) is 0 Å². The molecular formula is C17H17F3N2O3. The average Bonchev–Trinajstić information content (AvgIpc) is 2.59. The number of amides is 1. The van der Waals surface area contributed by atoms with Crippen LogP contribution < -0.4 is 14.8 Å². The number of rotatable bonds is 7. The quantitative estimate of drug-likeness (QED) is 0.828. The maximum atomic E-state index is 12.3. The second-order valence-electron chi connectivity index (χ2n) is 5.01. The molecule has 25 heavy (non-hydrogen) atoms. The second kappa shape index (κ2) is 8.36. The number of carbonyl (C=O) groups excluding carboxylic acids is 1. The summed E-state index contributed by atoms with van der Waals surface area (Å²) in [7, 11) is 0. The lowest BCUT2D eigenvalue weighted by atomic mass is 10.2. The number of pyridine rings is 1. The fourth-order valence-electron chi connectivity index (χ4n) is 1.99. The minimum Gasteiger partial charge on any atom is -0.494 e. The summed E-state index contributed by atoms with van der Waals surface area (Å²) in [5.74, 6) is 0.120. The Kier molecular flexibility index (Phi) is 6.21. The van der Waals surface area contributed by atoms with Crippen molar-refractivity contribution in [3.05, 3.63) is 53.7 Å². The molecule has 1 aromatic carbocycles. The summed E-state index contributed by atoms with van der Waals surface area (Å²) in [5, 5.41) is 2.62. The highest BCUT2D eigenvalue weighted by molar-refractivity contribution is 5.94. The highest BCUT2D eigenvalue weighted by Crippen LogP contribution is 2.20. The Balaban J connectivity index is 1.97. The minimum absolute atomic E-state index is 0.00687. The van der Waals surface area contributed by atoms with Crippen LogP contribution in [-0.4, -0.2) is 30.3 Å². The largest absolute Gasteiger partial charge is 0.494 e. The van der Waals surface area contributed by atoms with E-state index in [1.54, 1.807) is 30.3 Å². The molecule has 0 atom stereocenters. The molecule has 0 radical (unpaired) electrons. The van der Waals surface area contributed by atoms with Crippen LogP contribution in [0.5, 0.6) is 11.6 Å². The normalized spacial score (nSPS) is 11.0. The molecule has 0 aliphatic heterocycles. The fourth-order valence-corrected chi connectivity index (χ4v) is 1.99. The Morgan fingerprint density at radius 1 is 1.16 bits per heavy atom. The van der Waals surface area contributed by atoms with Crippen LogP contribution >= 0.6 is 0 Å². The molecule has 1 aromatic heterocycles. The van der Waals surface area contributed by atoms with Gasteiger partial charge in [0.1, 0.15) is 5.75 Å². The molecule has 134 valence electrons. The summed E-state index contributed by atoms with van der Waals surface area (Å²) in [6.07, 6.45) is -3.14. The average molecular weight is 354 g/mol. The zero-order chi connectivity index (χ0) is 18.3. The molecule has 0 spiro atoms. The van der Waals surface area contributed by atoms with Crippen LogP contribution in [0.4, 0.5) is 13.2 Å². The van der Waals surface area contributed by atoms with Gasteiger partial charge in [0, 0.05) is 23.9 Å². The number of ether oxygens (including phenoxy) is 2. The summed E-state index contributed by atoms with van der Waals surface area (Å²) in [6.45, 7) is 0.928. The van der Waals surface area contributed by atoms with Gasteiger partial charge in [0.25, 0.3) is 5.91 Å². The van der Waals surface area contributed by atoms with E-state index in [-0.39, 0.29) is 18.3 Å². The number of nitrogens with zero attached hydrogens (tertiary/aromatic N) is 1. The molecule has 2 aromatic rings. The Labute approximate surface area is 142 Å². The summed E-state index contributed by atoms with van der Waals surface area (Å²) >= 11 is 0. The molecule has 1 amide bonds. The van der Waals surface area contributed by atoms with Crippen molar-refractivity contribution in [3.63, 3.8) is 0 Å². The van der Waals surface area contributed by atoms with E-state index in [4.69, 9.17) is 4.74 Å². The fraction of sp³-hybridized carbons (Fsp3) is 0.294. The molecule has 0 bridgehead atoms. The Hall–Kier alpha value is -2.77. The van der Waals surface area contributed by atoms with E-state index in [2.05, 4.69) is 15.0 Å². The van der Waals surface area contributed by atoms with Gasteiger partial charge in [-0.25, -0.2) is 4.98 Å². The van der Waals surface area contributed by atoms with Gasteiger partial charge >= 0.3 is 6.18 Å². The van der Waals surface area contributed by atoms with Crippen molar-refractivity contribution in [2.24, 2.45) is 0 Å². The molecular weight excluding hydrogens is 337 g/mol. The number of benzene rings is 1. The maximum absolute atomic E-state index is 12.3. The summed E-state index contributed by atoms with van der Waals surface area (Å²) in [6, 6.07) is 9.63. The van der Waals surface area contributed by atoms with Crippen LogP contribution in [0.1, 0.15) is 22.8 Å². The van der Waals surface area contributed by atoms with Crippen LogP contribution in [0.3, 0.4) is 0 Å². The van der Waals surface area contributed by atoms with E-state index in [0.29, 0.717) is 23.5 Å². The molecule has 0 saturated carbocycles. The first-order valence-electron chi connectivity index (χ1n) is 7.53. The summed E-state index contributed by atoms with van der Waals surface area (Å²) in [5.41, 5.74) is 0.760. The zero-order valence-electron chi connectivity index (χ0n) is 13.5. The van der Waals surface area contributed by atoms with Crippen molar-refractivity contribution >= 4 is 5.91 Å². The van der Waals surface area contributed by atoms with Crippen molar-refractivity contribution in [1.29, 1.82) is 0 Å². The maximum Gasteiger partial charge on any atom is 0.422 e. The lowest BCUT2D eigenvalue weighted by molar-refractivity contribution is -0.154. The van der Waals surface area contributed by atoms with Gasteiger partial charge in [-0.3, -0.25) is 4.79 Å². The number of hydrogen-bond acceptors (Lipinski definition) is 4. The monoisotopic (exact) mass is 354 g/mol. The van der Waals surface area contributed by atoms with Crippen molar-refractivity contribution in [3.8, 4) is 11.6 Å². The number of carbonyl (C=O) groups is 1. The molecule has 2 rings (SSSR count). The van der Waals surface area contributed by atoms with Gasteiger partial charge in [-0.1, -0.05) is 6.07 Å². The molecule has 0 aliphatic carbocycles. The molecule has 0 saturated heterocycles. The zero-order valence-corrected chi connectivity index (χ0v) is 13.5. The predicted octanol–water partition coefficient (Wildman–Crippen LogP) is 3.35. The Bertz CT molecular complexity index is 703. The molecule has 0 aliphatic rings. The van der Waals surface area contributed by atoms with Crippen molar-refractivity contribution < 1.29 is 27.4 Å². The van der Waals surface area contributed by atoms with Crippen molar-refractivity contribution in [1.82, 2.24) is 10.3 Å². The molecule has 5 nitrogen and oxygen atoms in total. The summed E-state index contributed by atoms with van der Waals surface area (Å²) in [4.78, 5) is 15.9. The third-order valence-corrected chi connectivity index (χ3v) is 3.09. The smallest absolute Gasteiger partial charge is 0.422 e. The lowest BCUT2D eigenvalue weighted by Gasteiger charge is -2.12. The van der Waals surface area contributed by atoms with Gasteiger partial charge < -0.3 is 14.8 Å². The topological polar surface area (TPSA) is 60.5 Å². The van der Waals surface area contributed by atoms with E-state index in [9.17, 15) is 18.0 Å². The van der Waals surface area contributed by atoms with Crippen LogP contribution in [0.15, 0.2) is 42.6 Å². The SMILES string of the molecule is CCOc1ccc(C(=O)NCc2cccnc2OCC(F)(F)F)cc1. The Morgan fingerprint density at radius 2 is 1.88 bits per heavy atom. The molecule has 0 fully saturated rings. The number of halogens is 3. The first kappa shape index (κ1) is 18.6. The predicted molar refractivity (Wildman–Crippen MR) is 84.6 cm³/mol. The van der Waals surface area contributed by atoms with Gasteiger partial charge in [-0.15, -0.1) is 0 Å². The minimum atomic E-state index is -4.46. The van der Waals surface area contributed by atoms with Gasteiger partial charge in [-0.2, -0.15) is 13.2 Å². The van der Waals surface area contributed by atoms with E-state index in [1.165, 1.54) is 12.3 Å². The Morgan fingerprint density at radius 3 is 2.52 bits per heavy atom. The lowest BCUT2D eigenvalue weighted by Crippen LogP contribution is -2.24. The van der Waals surface area contributed by atoms with E-state index in [1.807, 2.05) is 6.92 Å². The van der Waals surface area contributed by atoms with Gasteiger partial charge in [0.05, 0.1) is 6.61 Å². The molecule has 1 heterocycles. The second-order valence-corrected chi connectivity index (χ2v) is 5.01. The first-order valence-corrected chi connectivity index (χ1v) is 7.53. The van der Waals surface area contributed by atoms with Crippen LogP contribution in [-0.2, 0) is 6.54 Å². The van der Waals surface area contributed by atoms with E-state index < -0.39 is 12.8 Å². The first-order chi connectivity index (χ1) is 11.9. The number of hydrogen-bond donors (Lipinski definition) is 1. The van der Waals surface area contributed by atoms with Crippen LogP contribution in [0.25, 0.3) is 0 Å². The number of nitrogens with one attached hydrogen (secondary N) is 1. The summed E-state index contributed by atoms with van der Waals surface area (Å²) < 4.78 is 46.8. The van der Waals surface area contributed by atoms with Gasteiger partial charge in [0.2, 0.25) is 5.88 Å². The van der Waals surface area contributed by atoms with Crippen molar-refractivity contribution in [2.75, 3.05) is 13.2 Å². The molecule has 1 N–H and O–H groups in total. The van der Waals surface area contributed by atoms with E-state index in [0.717, 1.165) is 0 Å². The third kappa shape index (κ3) is 5.98. The third-order valence-electron chi connectivity index (χ3n) is 3.09. The molecule has 8 heteroatoms. The van der Waals surface area contributed by atoms with Crippen molar-refractivity contribution in [2.45, 2.75) is 19.6 Å². The number of aromatic nitrogens is 1. The highest BCUT2D eigenvalue weighted by atomic mass is 19.4. The van der Waals surface area contributed by atoms with Gasteiger partial charge in [-0.05, 0) is 37.3 Å². The van der Waals surface area contributed by atoms with Crippen LogP contribution in [0.2, 0.25) is 0 Å². The van der Waals surface area contributed by atoms with Gasteiger partial charge in [0.15, 0.2) is 6.61 Å². The standard InChI is InChI=1S/C17H17F3N2O3/c1-2-24-14-7-5-12(6-8-14)15(23)22-10-13-4-3-9-21-16(13)25-11-17(18,19)20/h3-9H,2,10-11H2,1H3,(H,22,23).